The first-order chi connectivity index (χ1) is 12.2. The van der Waals surface area contributed by atoms with Gasteiger partial charge in [0.2, 0.25) is 0 Å². The third-order valence-electron chi connectivity index (χ3n) is 3.83. The van der Waals surface area contributed by atoms with E-state index in [1.54, 1.807) is 55.4 Å². The molecule has 0 saturated heterocycles. The number of sulfone groups is 1. The first kappa shape index (κ1) is 23.6. The molecule has 0 bridgehead atoms. The minimum absolute atomic E-state index is 0. The van der Waals surface area contributed by atoms with Crippen molar-refractivity contribution in [2.24, 2.45) is 4.99 Å². The van der Waals surface area contributed by atoms with Crippen molar-refractivity contribution in [3.63, 3.8) is 0 Å². The zero-order valence-electron chi connectivity index (χ0n) is 15.2. The quantitative estimate of drug-likeness (QED) is 0.367. The van der Waals surface area contributed by atoms with Crippen molar-refractivity contribution in [2.75, 3.05) is 20.4 Å². The first-order valence-electron chi connectivity index (χ1n) is 7.86. The van der Waals surface area contributed by atoms with E-state index in [0.717, 1.165) is 5.56 Å². The third-order valence-corrected chi connectivity index (χ3v) is 5.32. The molecule has 0 fully saturated rings. The Balaban J connectivity index is 0.00000364. The summed E-state index contributed by atoms with van der Waals surface area (Å²) < 4.78 is 36.9. The minimum Gasteiger partial charge on any atom is -0.352 e. The number of hydrogen-bond acceptors (Lipinski definition) is 3. The van der Waals surface area contributed by atoms with Crippen molar-refractivity contribution in [1.29, 1.82) is 0 Å². The molecule has 2 rings (SSSR count). The van der Waals surface area contributed by atoms with Crippen molar-refractivity contribution in [3.8, 4) is 0 Å². The van der Waals surface area contributed by atoms with Gasteiger partial charge in [-0.3, -0.25) is 4.99 Å². The van der Waals surface area contributed by atoms with Crippen LogP contribution in [0, 0.1) is 5.82 Å². The van der Waals surface area contributed by atoms with Crippen LogP contribution in [0.2, 0.25) is 5.02 Å². The molecule has 0 unspecified atom stereocenters. The van der Waals surface area contributed by atoms with Crippen LogP contribution in [-0.4, -0.2) is 39.6 Å². The largest absolute Gasteiger partial charge is 0.352 e. The SMILES string of the molecule is CN=C(NCc1ccc(S(C)(=O)=O)cc1)N(C)Cc1c(F)cccc1Cl.I. The molecule has 0 heterocycles. The van der Waals surface area contributed by atoms with Gasteiger partial charge in [0.05, 0.1) is 4.90 Å². The summed E-state index contributed by atoms with van der Waals surface area (Å²) in [6, 6.07) is 11.2. The van der Waals surface area contributed by atoms with E-state index in [1.807, 2.05) is 0 Å². The van der Waals surface area contributed by atoms with E-state index in [4.69, 9.17) is 11.6 Å². The second kappa shape index (κ2) is 10.2. The summed E-state index contributed by atoms with van der Waals surface area (Å²) in [6.45, 7) is 0.713. The van der Waals surface area contributed by atoms with E-state index in [2.05, 4.69) is 10.3 Å². The number of rotatable bonds is 5. The van der Waals surface area contributed by atoms with Crippen LogP contribution in [0.15, 0.2) is 52.4 Å². The molecular weight excluding hydrogens is 504 g/mol. The fraction of sp³-hybridized carbons (Fsp3) is 0.278. The molecule has 0 aliphatic rings. The second-order valence-electron chi connectivity index (χ2n) is 5.87. The highest BCUT2D eigenvalue weighted by atomic mass is 127. The average Bonchev–Trinajstić information content (AvgIpc) is 2.58. The molecule has 0 spiro atoms. The topological polar surface area (TPSA) is 61.8 Å². The molecule has 0 amide bonds. The van der Waals surface area contributed by atoms with Crippen LogP contribution in [0.4, 0.5) is 4.39 Å². The van der Waals surface area contributed by atoms with Crippen LogP contribution < -0.4 is 5.32 Å². The molecule has 27 heavy (non-hydrogen) atoms. The van der Waals surface area contributed by atoms with Crippen LogP contribution in [0.1, 0.15) is 11.1 Å². The van der Waals surface area contributed by atoms with E-state index in [9.17, 15) is 12.8 Å². The van der Waals surface area contributed by atoms with Gasteiger partial charge in [-0.15, -0.1) is 24.0 Å². The zero-order chi connectivity index (χ0) is 19.3. The number of nitrogens with one attached hydrogen (secondary N) is 1. The van der Waals surface area contributed by atoms with Gasteiger partial charge in [0, 0.05) is 44.0 Å². The summed E-state index contributed by atoms with van der Waals surface area (Å²) in [6.07, 6.45) is 1.17. The summed E-state index contributed by atoms with van der Waals surface area (Å²) >= 11 is 6.07. The molecule has 148 valence electrons. The molecule has 0 saturated carbocycles. The Morgan fingerprint density at radius 2 is 1.85 bits per heavy atom. The van der Waals surface area contributed by atoms with E-state index < -0.39 is 9.84 Å². The normalized spacial score (nSPS) is 11.7. The van der Waals surface area contributed by atoms with Crippen molar-refractivity contribution in [1.82, 2.24) is 10.2 Å². The summed E-state index contributed by atoms with van der Waals surface area (Å²) in [5, 5.41) is 3.53. The Labute approximate surface area is 181 Å². The van der Waals surface area contributed by atoms with Gasteiger partial charge in [0.1, 0.15) is 5.82 Å². The van der Waals surface area contributed by atoms with E-state index in [1.165, 1.54) is 12.3 Å². The summed E-state index contributed by atoms with van der Waals surface area (Å²) in [5.74, 6) is 0.202. The Kier molecular flexibility index (Phi) is 8.97. The van der Waals surface area contributed by atoms with Crippen molar-refractivity contribution >= 4 is 51.4 Å². The Morgan fingerprint density at radius 3 is 2.37 bits per heavy atom. The fourth-order valence-electron chi connectivity index (χ4n) is 2.42. The predicted octanol–water partition coefficient (Wildman–Crippen LogP) is 3.71. The zero-order valence-corrected chi connectivity index (χ0v) is 19.1. The van der Waals surface area contributed by atoms with Gasteiger partial charge in [-0.05, 0) is 29.8 Å². The van der Waals surface area contributed by atoms with Gasteiger partial charge in [-0.25, -0.2) is 12.8 Å². The van der Waals surface area contributed by atoms with Gasteiger partial charge < -0.3 is 10.2 Å². The molecule has 2 aromatic carbocycles. The number of benzene rings is 2. The molecule has 0 aliphatic heterocycles. The summed E-state index contributed by atoms with van der Waals surface area (Å²) in [5.41, 5.74) is 1.30. The minimum atomic E-state index is -3.21. The van der Waals surface area contributed by atoms with Gasteiger partial charge >= 0.3 is 0 Å². The predicted molar refractivity (Wildman–Crippen MR) is 118 cm³/mol. The Hall–Kier alpha value is -1.39. The lowest BCUT2D eigenvalue weighted by atomic mass is 10.2. The lowest BCUT2D eigenvalue weighted by molar-refractivity contribution is 0.460. The molecule has 0 atom stereocenters. The number of halogens is 3. The first-order valence-corrected chi connectivity index (χ1v) is 10.1. The molecule has 5 nitrogen and oxygen atoms in total. The van der Waals surface area contributed by atoms with Crippen molar-refractivity contribution in [3.05, 3.63) is 64.4 Å². The molecule has 0 aliphatic carbocycles. The smallest absolute Gasteiger partial charge is 0.193 e. The van der Waals surface area contributed by atoms with E-state index in [-0.39, 0.29) is 41.2 Å². The van der Waals surface area contributed by atoms with Crippen LogP contribution in [0.5, 0.6) is 0 Å². The van der Waals surface area contributed by atoms with Crippen molar-refractivity contribution in [2.45, 2.75) is 18.0 Å². The molecule has 2 aromatic rings. The van der Waals surface area contributed by atoms with Crippen molar-refractivity contribution < 1.29 is 12.8 Å². The molecule has 9 heteroatoms. The van der Waals surface area contributed by atoms with Crippen LogP contribution in [0.25, 0.3) is 0 Å². The Bertz CT molecular complexity index is 885. The highest BCUT2D eigenvalue weighted by Crippen LogP contribution is 2.20. The summed E-state index contributed by atoms with van der Waals surface area (Å²) in [7, 11) is 0.204. The Morgan fingerprint density at radius 1 is 1.22 bits per heavy atom. The van der Waals surface area contributed by atoms with Gasteiger partial charge in [0.15, 0.2) is 15.8 Å². The second-order valence-corrected chi connectivity index (χ2v) is 8.30. The monoisotopic (exact) mass is 525 g/mol. The standard InChI is InChI=1S/C18H21ClFN3O2S.HI/c1-21-18(23(2)12-15-16(19)5-4-6-17(15)20)22-11-13-7-9-14(10-8-13)26(3,24)25;/h4-10H,11-12H2,1-3H3,(H,21,22);1H. The molecule has 0 aromatic heterocycles. The maximum Gasteiger partial charge on any atom is 0.193 e. The highest BCUT2D eigenvalue weighted by Gasteiger charge is 2.13. The maximum absolute atomic E-state index is 13.9. The lowest BCUT2D eigenvalue weighted by Gasteiger charge is -2.23. The van der Waals surface area contributed by atoms with E-state index >= 15 is 0 Å². The third kappa shape index (κ3) is 6.62. The number of guanidine groups is 1. The van der Waals surface area contributed by atoms with Crippen LogP contribution in [-0.2, 0) is 22.9 Å². The lowest BCUT2D eigenvalue weighted by Crippen LogP contribution is -2.38. The number of aliphatic imine (C=N–C) groups is 1. The highest BCUT2D eigenvalue weighted by molar-refractivity contribution is 14.0. The molecular formula is C18H22ClFIN3O2S. The molecule has 0 radical (unpaired) electrons. The van der Waals surface area contributed by atoms with Gasteiger partial charge in [0.25, 0.3) is 0 Å². The van der Waals surface area contributed by atoms with Crippen LogP contribution in [0.3, 0.4) is 0 Å². The summed E-state index contributed by atoms with van der Waals surface area (Å²) in [4.78, 5) is 6.22. The fourth-order valence-corrected chi connectivity index (χ4v) is 3.27. The maximum atomic E-state index is 13.9. The van der Waals surface area contributed by atoms with Gasteiger partial charge in [-0.1, -0.05) is 29.8 Å². The number of hydrogen-bond donors (Lipinski definition) is 1. The number of nitrogens with zero attached hydrogens (tertiary/aromatic N) is 2. The van der Waals surface area contributed by atoms with Crippen LogP contribution >= 0.6 is 35.6 Å². The van der Waals surface area contributed by atoms with E-state index in [0.29, 0.717) is 23.1 Å². The molecule has 1 N–H and O–H groups in total. The van der Waals surface area contributed by atoms with Gasteiger partial charge in [-0.2, -0.15) is 0 Å². The average molecular weight is 526 g/mol.